The number of fused-ring (bicyclic) bond motifs is 2. The van der Waals surface area contributed by atoms with Crippen molar-refractivity contribution in [3.63, 3.8) is 0 Å². The molecule has 2 aliphatic heterocycles. The number of likely N-dealkylation sites (N-methyl/N-ethyl adjacent to an activating group) is 1. The van der Waals surface area contributed by atoms with Gasteiger partial charge in [0, 0.05) is 65.0 Å². The first-order chi connectivity index (χ1) is 23.4. The number of nitrogens with one attached hydrogen (secondary N) is 1. The molecule has 1 aromatic carbocycles. The summed E-state index contributed by atoms with van der Waals surface area (Å²) < 4.78 is 31.4. The quantitative estimate of drug-likeness (QED) is 0.250. The number of amides is 2. The molecule has 49 heavy (non-hydrogen) atoms. The number of imide groups is 1. The van der Waals surface area contributed by atoms with Gasteiger partial charge in [0.1, 0.15) is 18.2 Å². The first-order valence-electron chi connectivity index (χ1n) is 18.0. The maximum absolute atomic E-state index is 14.1. The van der Waals surface area contributed by atoms with Crippen LogP contribution < -0.4 is 9.80 Å². The third-order valence-electron chi connectivity index (χ3n) is 14.7. The number of nitrogens with zero attached hydrogens (tertiary/aromatic N) is 1. The molecule has 1 unspecified atom stereocenters. The van der Waals surface area contributed by atoms with E-state index in [0.717, 1.165) is 16.2 Å². The Morgan fingerprint density at radius 3 is 2.45 bits per heavy atom. The van der Waals surface area contributed by atoms with Crippen LogP contribution in [0.15, 0.2) is 24.3 Å². The minimum atomic E-state index is -1.66. The largest absolute Gasteiger partial charge is 0.461 e. The molecule has 5 aliphatic carbocycles. The SMILES string of the molecule is CC[NH+]1C[C@]2(COC(=O)c3ccccc3N3C(=O)C[C@H](C)C3=O)CC[C@H](OC)[C@@]34[C@@H]5C[C@H]6[C@H](OC)[C@@H]5[C@](O)(C[C@@H]6OC)[C@@](O)([C@@H](OC)[C@H]23)[C@@H]14. The lowest BCUT2D eigenvalue weighted by Gasteiger charge is -2.67. The van der Waals surface area contributed by atoms with E-state index < -0.39 is 40.0 Å². The molecule has 7 aliphatic rings. The van der Waals surface area contributed by atoms with Crippen molar-refractivity contribution in [1.82, 2.24) is 0 Å². The molecule has 7 fully saturated rings. The number of piperidine rings is 1. The van der Waals surface area contributed by atoms with Crippen LogP contribution in [0.1, 0.15) is 56.3 Å². The molecular formula is C37H51N2O10+. The fourth-order valence-electron chi connectivity index (χ4n) is 13.4. The van der Waals surface area contributed by atoms with Crippen molar-refractivity contribution in [3.05, 3.63) is 29.8 Å². The summed E-state index contributed by atoms with van der Waals surface area (Å²) in [4.78, 5) is 42.2. The predicted octanol–water partition coefficient (Wildman–Crippen LogP) is 0.618. The van der Waals surface area contributed by atoms with Gasteiger partial charge in [-0.2, -0.15) is 0 Å². The van der Waals surface area contributed by atoms with Crippen molar-refractivity contribution in [2.24, 2.45) is 40.4 Å². The highest BCUT2D eigenvalue weighted by Crippen LogP contribution is 2.78. The highest BCUT2D eigenvalue weighted by molar-refractivity contribution is 6.22. The number of hydrogen-bond donors (Lipinski definition) is 3. The summed E-state index contributed by atoms with van der Waals surface area (Å²) in [5.41, 5.74) is -4.03. The molecule has 5 saturated carbocycles. The number of aliphatic hydroxyl groups is 2. The number of carbonyl (C=O) groups is 3. The lowest BCUT2D eigenvalue weighted by Crippen LogP contribution is -3.23. The Morgan fingerprint density at radius 2 is 1.82 bits per heavy atom. The number of rotatable bonds is 9. The third-order valence-corrected chi connectivity index (χ3v) is 14.7. The average Bonchev–Trinajstić information content (AvgIpc) is 3.63. The van der Waals surface area contributed by atoms with E-state index in [9.17, 15) is 24.6 Å². The zero-order chi connectivity index (χ0) is 34.8. The smallest absolute Gasteiger partial charge is 0.340 e. The summed E-state index contributed by atoms with van der Waals surface area (Å²) in [6.07, 6.45) is 0.937. The monoisotopic (exact) mass is 683 g/mol. The fourth-order valence-corrected chi connectivity index (χ4v) is 13.4. The van der Waals surface area contributed by atoms with Crippen molar-refractivity contribution >= 4 is 23.5 Å². The molecule has 12 nitrogen and oxygen atoms in total. The third kappa shape index (κ3) is 3.86. The van der Waals surface area contributed by atoms with Crippen LogP contribution in [0.3, 0.4) is 0 Å². The fraction of sp³-hybridized carbons (Fsp3) is 0.757. The minimum Gasteiger partial charge on any atom is -0.461 e. The summed E-state index contributed by atoms with van der Waals surface area (Å²) in [6, 6.07) is 6.22. The van der Waals surface area contributed by atoms with Crippen molar-refractivity contribution in [1.29, 1.82) is 0 Å². The number of benzene rings is 1. The van der Waals surface area contributed by atoms with Gasteiger partial charge in [-0.15, -0.1) is 0 Å². The molecule has 2 saturated heterocycles. The number of hydrogen-bond acceptors (Lipinski definition) is 10. The van der Waals surface area contributed by atoms with Crippen LogP contribution >= 0.6 is 0 Å². The van der Waals surface area contributed by atoms with Crippen LogP contribution in [0.2, 0.25) is 0 Å². The van der Waals surface area contributed by atoms with E-state index in [1.54, 1.807) is 59.6 Å². The van der Waals surface area contributed by atoms with E-state index >= 15 is 0 Å². The number of esters is 1. The van der Waals surface area contributed by atoms with Gasteiger partial charge in [0.2, 0.25) is 11.8 Å². The molecule has 15 atom stereocenters. The van der Waals surface area contributed by atoms with E-state index in [1.807, 2.05) is 0 Å². The van der Waals surface area contributed by atoms with Crippen molar-refractivity contribution in [3.8, 4) is 0 Å². The molecule has 2 heterocycles. The molecule has 1 spiro atoms. The Bertz CT molecular complexity index is 1560. The Hall–Kier alpha value is -2.45. The van der Waals surface area contributed by atoms with Crippen molar-refractivity contribution in [2.75, 3.05) is 53.0 Å². The van der Waals surface area contributed by atoms with Gasteiger partial charge < -0.3 is 38.8 Å². The highest BCUT2D eigenvalue weighted by atomic mass is 16.5. The Kier molecular flexibility index (Phi) is 7.75. The summed E-state index contributed by atoms with van der Waals surface area (Å²) in [5, 5.41) is 26.6. The van der Waals surface area contributed by atoms with Crippen LogP contribution in [0.25, 0.3) is 0 Å². The second-order valence-corrected chi connectivity index (χ2v) is 16.1. The van der Waals surface area contributed by atoms with Gasteiger partial charge in [-0.25, -0.2) is 9.69 Å². The van der Waals surface area contributed by atoms with E-state index in [0.29, 0.717) is 25.9 Å². The standard InChI is InChI=1S/C37H50N2O10/c1-7-38-17-34(18-49-32(42)20-10-8-9-11-23(20)39-26(40)14-19(2)31(39)41)13-12-25(46-4)36-22-15-21-24(45-3)16-35(43,27(22)28(21)47-5)37(44,33(36)38)30(48-6)29(34)36/h8-11,19,21-22,24-25,27-30,33,43-44H,7,12-18H2,1-6H3/p+1/t19-,21+,22+,24-,25-,27+,28-,29+,30-,33-,34-,35+,36-,37+/m0/s1. The van der Waals surface area contributed by atoms with Gasteiger partial charge >= 0.3 is 5.97 Å². The highest BCUT2D eigenvalue weighted by Gasteiger charge is 2.93. The molecule has 7 bridgehead atoms. The number of likely N-dealkylation sites (tertiary alicyclic amines) is 1. The molecule has 1 aromatic rings. The zero-order valence-electron chi connectivity index (χ0n) is 29.3. The van der Waals surface area contributed by atoms with E-state index in [2.05, 4.69) is 6.92 Å². The normalized spacial score (nSPS) is 49.1. The van der Waals surface area contributed by atoms with Gasteiger partial charge in [0.05, 0.1) is 59.6 Å². The first kappa shape index (κ1) is 33.7. The van der Waals surface area contributed by atoms with E-state index in [-0.39, 0.29) is 90.5 Å². The molecule has 3 N–H and O–H groups in total. The number of para-hydroxylation sites is 1. The summed E-state index contributed by atoms with van der Waals surface area (Å²) in [5.74, 6) is -2.39. The lowest BCUT2D eigenvalue weighted by molar-refractivity contribution is -0.956. The van der Waals surface area contributed by atoms with Crippen LogP contribution in [0, 0.1) is 40.4 Å². The van der Waals surface area contributed by atoms with E-state index in [1.165, 1.54) is 0 Å². The summed E-state index contributed by atoms with van der Waals surface area (Å²) in [6.45, 7) is 5.18. The van der Waals surface area contributed by atoms with Gasteiger partial charge in [-0.05, 0) is 44.2 Å². The maximum Gasteiger partial charge on any atom is 0.340 e. The van der Waals surface area contributed by atoms with Crippen LogP contribution in [-0.4, -0.2) is 118 Å². The minimum absolute atomic E-state index is 0.0521. The first-order valence-corrected chi connectivity index (χ1v) is 18.0. The van der Waals surface area contributed by atoms with Crippen LogP contribution in [0.5, 0.6) is 0 Å². The Labute approximate surface area is 287 Å². The van der Waals surface area contributed by atoms with Crippen LogP contribution in [0.4, 0.5) is 5.69 Å². The maximum atomic E-state index is 14.1. The van der Waals surface area contributed by atoms with Crippen molar-refractivity contribution < 1.29 is 53.2 Å². The Balaban J connectivity index is 1.23. The predicted molar refractivity (Wildman–Crippen MR) is 174 cm³/mol. The molecular weight excluding hydrogens is 632 g/mol. The molecule has 268 valence electrons. The summed E-state index contributed by atoms with van der Waals surface area (Å²) in [7, 11) is 6.73. The molecule has 0 aromatic heterocycles. The molecule has 0 radical (unpaired) electrons. The topological polar surface area (TPSA) is 146 Å². The second kappa shape index (κ2) is 11.3. The van der Waals surface area contributed by atoms with Crippen LogP contribution in [-0.2, 0) is 33.3 Å². The molecule has 12 heteroatoms. The number of anilines is 1. The van der Waals surface area contributed by atoms with Crippen molar-refractivity contribution in [2.45, 2.75) is 87.6 Å². The van der Waals surface area contributed by atoms with Gasteiger partial charge in [-0.3, -0.25) is 9.59 Å². The molecule has 8 rings (SSSR count). The number of ether oxygens (including phenoxy) is 5. The molecule has 2 amide bonds. The lowest BCUT2D eigenvalue weighted by atomic mass is 9.42. The summed E-state index contributed by atoms with van der Waals surface area (Å²) >= 11 is 0. The van der Waals surface area contributed by atoms with Gasteiger partial charge in [-0.1, -0.05) is 19.1 Å². The van der Waals surface area contributed by atoms with Gasteiger partial charge in [0.25, 0.3) is 0 Å². The second-order valence-electron chi connectivity index (χ2n) is 16.1. The zero-order valence-corrected chi connectivity index (χ0v) is 29.3. The van der Waals surface area contributed by atoms with E-state index in [4.69, 9.17) is 23.7 Å². The number of carbonyl (C=O) groups excluding carboxylic acids is 3. The average molecular weight is 684 g/mol. The number of quaternary nitrogens is 1. The Morgan fingerprint density at radius 1 is 1.06 bits per heavy atom. The van der Waals surface area contributed by atoms with Gasteiger partial charge in [0.15, 0.2) is 5.60 Å². The number of methoxy groups -OCH3 is 4.